The number of aromatic carboxylic acids is 1. The van der Waals surface area contributed by atoms with Crippen LogP contribution in [0.5, 0.6) is 0 Å². The third kappa shape index (κ3) is 5.46. The maximum absolute atomic E-state index is 11.1. The first-order chi connectivity index (χ1) is 14.6. The van der Waals surface area contributed by atoms with E-state index >= 15 is 0 Å². The number of carboxylic acid groups (broad SMARTS) is 1. The van der Waals surface area contributed by atoms with Gasteiger partial charge in [0.05, 0.1) is 12.2 Å². The van der Waals surface area contributed by atoms with Crippen LogP contribution in [0.4, 0.5) is 0 Å². The number of hydrogen-bond donors (Lipinski definition) is 1. The molecule has 0 radical (unpaired) electrons. The summed E-state index contributed by atoms with van der Waals surface area (Å²) in [7, 11) is 0. The van der Waals surface area contributed by atoms with Gasteiger partial charge < -0.3 is 9.84 Å². The fourth-order valence-corrected chi connectivity index (χ4v) is 4.31. The number of unbranched alkanes of at least 4 members (excludes halogenated alkanes) is 1. The average Bonchev–Trinajstić information content (AvgIpc) is 2.73. The van der Waals surface area contributed by atoms with E-state index in [1.165, 1.54) is 35.1 Å². The van der Waals surface area contributed by atoms with E-state index in [-0.39, 0.29) is 10.8 Å². The normalized spacial score (nSPS) is 16.9. The summed E-state index contributed by atoms with van der Waals surface area (Å²) in [6.07, 6.45) is 8.78. The van der Waals surface area contributed by atoms with Crippen LogP contribution in [0.3, 0.4) is 0 Å². The highest BCUT2D eigenvalue weighted by atomic mass is 16.5. The number of carboxylic acids is 1. The highest BCUT2D eigenvalue weighted by Gasteiger charge is 2.37. The zero-order valence-electron chi connectivity index (χ0n) is 19.6. The van der Waals surface area contributed by atoms with E-state index in [1.807, 2.05) is 12.1 Å². The van der Waals surface area contributed by atoms with Crippen molar-refractivity contribution in [3.8, 4) is 0 Å². The van der Waals surface area contributed by atoms with Gasteiger partial charge in [-0.05, 0) is 70.0 Å². The highest BCUT2D eigenvalue weighted by Crippen LogP contribution is 2.46. The first-order valence-corrected chi connectivity index (χ1v) is 11.4. The van der Waals surface area contributed by atoms with Gasteiger partial charge in [0.1, 0.15) is 0 Å². The lowest BCUT2D eigenvalue weighted by molar-refractivity contribution is 0.0697. The summed E-state index contributed by atoms with van der Waals surface area (Å²) in [5, 5.41) is 9.11. The topological polar surface area (TPSA) is 46.5 Å². The second-order valence-electron chi connectivity index (χ2n) is 10.0. The summed E-state index contributed by atoms with van der Waals surface area (Å²) in [6, 6.07) is 11.7. The molecule has 0 aromatic heterocycles. The number of rotatable bonds is 8. The molecule has 0 atom stereocenters. The average molecular weight is 421 g/mol. The summed E-state index contributed by atoms with van der Waals surface area (Å²) in [6.45, 7) is 13.0. The Morgan fingerprint density at radius 3 is 2.19 bits per heavy atom. The standard InChI is InChI=1S/C28H36O3/c1-6-7-16-31-19-23-18-25-24(27(2,3)14-15-28(25,4)5)17-22(23)13-10-20-8-11-21(12-9-20)26(29)30/h8-13,17-18H,6-7,14-16,19H2,1-5H3,(H,29,30)/b13-10+. The van der Waals surface area contributed by atoms with Crippen molar-refractivity contribution in [2.45, 2.75) is 77.7 Å². The highest BCUT2D eigenvalue weighted by molar-refractivity contribution is 5.88. The van der Waals surface area contributed by atoms with Crippen LogP contribution in [0.15, 0.2) is 36.4 Å². The van der Waals surface area contributed by atoms with E-state index in [1.54, 1.807) is 12.1 Å². The van der Waals surface area contributed by atoms with Crippen LogP contribution >= 0.6 is 0 Å². The Morgan fingerprint density at radius 2 is 1.61 bits per heavy atom. The molecule has 0 fully saturated rings. The minimum Gasteiger partial charge on any atom is -0.478 e. The second kappa shape index (κ2) is 9.40. The Bertz CT molecular complexity index is 949. The molecule has 0 saturated carbocycles. The van der Waals surface area contributed by atoms with E-state index in [4.69, 9.17) is 9.84 Å². The van der Waals surface area contributed by atoms with E-state index < -0.39 is 5.97 Å². The van der Waals surface area contributed by atoms with E-state index in [2.05, 4.69) is 58.9 Å². The third-order valence-corrected chi connectivity index (χ3v) is 6.63. The van der Waals surface area contributed by atoms with Gasteiger partial charge in [-0.25, -0.2) is 4.79 Å². The smallest absolute Gasteiger partial charge is 0.335 e. The van der Waals surface area contributed by atoms with E-state index in [0.717, 1.165) is 25.0 Å². The van der Waals surface area contributed by atoms with Gasteiger partial charge in [0.25, 0.3) is 0 Å². The lowest BCUT2D eigenvalue weighted by Gasteiger charge is -2.42. The molecule has 0 heterocycles. The first-order valence-electron chi connectivity index (χ1n) is 11.4. The third-order valence-electron chi connectivity index (χ3n) is 6.63. The number of fused-ring (bicyclic) bond motifs is 1. The molecule has 3 nitrogen and oxygen atoms in total. The maximum atomic E-state index is 11.1. The van der Waals surface area contributed by atoms with Crippen LogP contribution in [-0.4, -0.2) is 17.7 Å². The van der Waals surface area contributed by atoms with Crippen LogP contribution in [-0.2, 0) is 22.2 Å². The Morgan fingerprint density at radius 1 is 1.00 bits per heavy atom. The Labute approximate surface area is 187 Å². The fraction of sp³-hybridized carbons (Fsp3) is 0.464. The lowest BCUT2D eigenvalue weighted by atomic mass is 9.62. The molecule has 166 valence electrons. The molecule has 1 aliphatic rings. The van der Waals surface area contributed by atoms with Crippen LogP contribution < -0.4 is 0 Å². The molecule has 3 rings (SSSR count). The van der Waals surface area contributed by atoms with Gasteiger partial charge >= 0.3 is 5.97 Å². The molecule has 1 aliphatic carbocycles. The Hall–Kier alpha value is -2.39. The van der Waals surface area contributed by atoms with Crippen molar-refractivity contribution in [3.63, 3.8) is 0 Å². The molecule has 31 heavy (non-hydrogen) atoms. The van der Waals surface area contributed by atoms with Gasteiger partial charge in [0.2, 0.25) is 0 Å². The molecular formula is C28H36O3. The van der Waals surface area contributed by atoms with Gasteiger partial charge in [0.15, 0.2) is 0 Å². The molecule has 0 saturated heterocycles. The van der Waals surface area contributed by atoms with Gasteiger partial charge in [-0.15, -0.1) is 0 Å². The minimum absolute atomic E-state index is 0.151. The molecule has 2 aromatic rings. The Balaban J connectivity index is 1.98. The molecule has 1 N–H and O–H groups in total. The zero-order chi connectivity index (χ0) is 22.6. The summed E-state index contributed by atoms with van der Waals surface area (Å²) >= 11 is 0. The number of carbonyl (C=O) groups is 1. The number of hydrogen-bond acceptors (Lipinski definition) is 2. The summed E-state index contributed by atoms with van der Waals surface area (Å²) < 4.78 is 6.01. The van der Waals surface area contributed by atoms with Gasteiger partial charge in [-0.1, -0.05) is 77.5 Å². The van der Waals surface area contributed by atoms with Crippen molar-refractivity contribution >= 4 is 18.1 Å². The van der Waals surface area contributed by atoms with E-state index in [9.17, 15) is 4.79 Å². The van der Waals surface area contributed by atoms with Crippen molar-refractivity contribution < 1.29 is 14.6 Å². The number of ether oxygens (including phenoxy) is 1. The quantitative estimate of drug-likeness (QED) is 0.362. The monoisotopic (exact) mass is 420 g/mol. The van der Waals surface area contributed by atoms with Gasteiger partial charge in [-0.2, -0.15) is 0 Å². The largest absolute Gasteiger partial charge is 0.478 e. The van der Waals surface area contributed by atoms with Gasteiger partial charge in [-0.3, -0.25) is 0 Å². The molecule has 0 spiro atoms. The molecule has 0 aliphatic heterocycles. The SMILES string of the molecule is CCCCOCc1cc2c(cc1/C=C/c1ccc(C(=O)O)cc1)C(C)(C)CCC2(C)C. The van der Waals surface area contributed by atoms with Crippen molar-refractivity contribution in [1.82, 2.24) is 0 Å². The van der Waals surface area contributed by atoms with Gasteiger partial charge in [0, 0.05) is 6.61 Å². The summed E-state index contributed by atoms with van der Waals surface area (Å²) in [5.74, 6) is -0.901. The van der Waals surface area contributed by atoms with Crippen LogP contribution in [0.1, 0.15) is 98.5 Å². The van der Waals surface area contributed by atoms with Crippen molar-refractivity contribution in [2.24, 2.45) is 0 Å². The van der Waals surface area contributed by atoms with Crippen molar-refractivity contribution in [1.29, 1.82) is 0 Å². The molecular weight excluding hydrogens is 384 g/mol. The molecule has 2 aromatic carbocycles. The predicted octanol–water partition coefficient (Wildman–Crippen LogP) is 7.22. The lowest BCUT2D eigenvalue weighted by Crippen LogP contribution is -2.34. The molecule has 0 bridgehead atoms. The summed E-state index contributed by atoms with van der Waals surface area (Å²) in [4.78, 5) is 11.1. The van der Waals surface area contributed by atoms with Crippen LogP contribution in [0.25, 0.3) is 12.2 Å². The fourth-order valence-electron chi connectivity index (χ4n) is 4.31. The predicted molar refractivity (Wildman–Crippen MR) is 129 cm³/mol. The molecule has 0 unspecified atom stereocenters. The van der Waals surface area contributed by atoms with Crippen LogP contribution in [0.2, 0.25) is 0 Å². The number of benzene rings is 2. The Kier molecular flexibility index (Phi) is 7.06. The summed E-state index contributed by atoms with van der Waals surface area (Å²) in [5.41, 5.74) is 6.89. The van der Waals surface area contributed by atoms with Crippen molar-refractivity contribution in [3.05, 3.63) is 69.8 Å². The first kappa shape index (κ1) is 23.3. The van der Waals surface area contributed by atoms with E-state index in [0.29, 0.717) is 12.2 Å². The zero-order valence-corrected chi connectivity index (χ0v) is 19.6. The molecule has 3 heteroatoms. The minimum atomic E-state index is -0.901. The maximum Gasteiger partial charge on any atom is 0.335 e. The molecule has 0 amide bonds. The van der Waals surface area contributed by atoms with Crippen molar-refractivity contribution in [2.75, 3.05) is 6.61 Å². The van der Waals surface area contributed by atoms with Crippen LogP contribution in [0, 0.1) is 0 Å². The second-order valence-corrected chi connectivity index (χ2v) is 10.0.